The molecule has 3 rings (SSSR count). The van der Waals surface area contributed by atoms with Gasteiger partial charge >= 0.3 is 0 Å². The Bertz CT molecular complexity index is 955. The fourth-order valence-electron chi connectivity index (χ4n) is 2.42. The van der Waals surface area contributed by atoms with Gasteiger partial charge in [-0.05, 0) is 39.0 Å². The van der Waals surface area contributed by atoms with Crippen LogP contribution in [-0.2, 0) is 0 Å². The topological polar surface area (TPSA) is 81.5 Å². The Morgan fingerprint density at radius 3 is 2.71 bits per heavy atom. The van der Waals surface area contributed by atoms with Crippen molar-refractivity contribution in [2.75, 3.05) is 0 Å². The smallest absolute Gasteiger partial charge is 0.230 e. The molecule has 0 unspecified atom stereocenters. The molecule has 0 atom stereocenters. The zero-order valence-corrected chi connectivity index (χ0v) is 12.1. The first-order valence-corrected chi connectivity index (χ1v) is 6.61. The van der Waals surface area contributed by atoms with E-state index in [0.717, 1.165) is 16.8 Å². The van der Waals surface area contributed by atoms with Crippen molar-refractivity contribution in [3.63, 3.8) is 0 Å². The minimum atomic E-state index is -0.0893. The van der Waals surface area contributed by atoms with Crippen molar-refractivity contribution in [3.05, 3.63) is 51.3 Å². The summed E-state index contributed by atoms with van der Waals surface area (Å²) < 4.78 is 5.75. The van der Waals surface area contributed by atoms with Crippen molar-refractivity contribution in [3.8, 4) is 0 Å². The fourth-order valence-corrected chi connectivity index (χ4v) is 2.42. The van der Waals surface area contributed by atoms with Crippen LogP contribution in [-0.4, -0.2) is 10.7 Å². The molecule has 0 aliphatic carbocycles. The second-order valence-corrected chi connectivity index (χ2v) is 5.12. The van der Waals surface area contributed by atoms with E-state index in [2.05, 4.69) is 10.1 Å². The van der Waals surface area contributed by atoms with Crippen LogP contribution in [0.2, 0.25) is 0 Å². The standard InChI is InChI=1S/C16H15N3O2/c1-8-4-5-14-12(6-8)15(20)13-7-11(10(3)19-17)9(2)18-16(13)21-14/h4-7H,17H2,1-3H3/b19-10+. The van der Waals surface area contributed by atoms with E-state index in [9.17, 15) is 4.79 Å². The lowest BCUT2D eigenvalue weighted by Crippen LogP contribution is -2.08. The average molecular weight is 281 g/mol. The first-order chi connectivity index (χ1) is 10.0. The van der Waals surface area contributed by atoms with Gasteiger partial charge in [-0.1, -0.05) is 11.6 Å². The molecule has 3 aromatic rings. The Balaban J connectivity index is 2.47. The molecule has 0 spiro atoms. The largest absolute Gasteiger partial charge is 0.437 e. The van der Waals surface area contributed by atoms with Crippen LogP contribution in [0.3, 0.4) is 0 Å². The van der Waals surface area contributed by atoms with Gasteiger partial charge in [-0.15, -0.1) is 0 Å². The molecule has 0 aliphatic rings. The molecule has 106 valence electrons. The van der Waals surface area contributed by atoms with E-state index in [1.807, 2.05) is 26.0 Å². The van der Waals surface area contributed by atoms with Gasteiger partial charge in [0.1, 0.15) is 5.58 Å². The minimum Gasteiger partial charge on any atom is -0.437 e. The molecule has 5 nitrogen and oxygen atoms in total. The van der Waals surface area contributed by atoms with Crippen molar-refractivity contribution in [1.82, 2.24) is 4.98 Å². The molecule has 0 radical (unpaired) electrons. The van der Waals surface area contributed by atoms with E-state index >= 15 is 0 Å². The highest BCUT2D eigenvalue weighted by molar-refractivity contribution is 6.02. The minimum absolute atomic E-state index is 0.0893. The summed E-state index contributed by atoms with van der Waals surface area (Å²) in [7, 11) is 0. The van der Waals surface area contributed by atoms with Crippen molar-refractivity contribution >= 4 is 27.8 Å². The molecule has 1 aromatic carbocycles. The monoisotopic (exact) mass is 281 g/mol. The third-order valence-corrected chi connectivity index (χ3v) is 3.59. The lowest BCUT2D eigenvalue weighted by atomic mass is 10.1. The third kappa shape index (κ3) is 2.07. The van der Waals surface area contributed by atoms with E-state index in [1.54, 1.807) is 19.1 Å². The summed E-state index contributed by atoms with van der Waals surface area (Å²) in [5.41, 5.74) is 3.91. The second kappa shape index (κ2) is 4.70. The lowest BCUT2D eigenvalue weighted by Gasteiger charge is -2.07. The van der Waals surface area contributed by atoms with Crippen LogP contribution in [0, 0.1) is 13.8 Å². The highest BCUT2D eigenvalue weighted by Gasteiger charge is 2.13. The molecule has 21 heavy (non-hydrogen) atoms. The van der Waals surface area contributed by atoms with Crippen LogP contribution in [0.25, 0.3) is 22.1 Å². The second-order valence-electron chi connectivity index (χ2n) is 5.12. The van der Waals surface area contributed by atoms with Crippen LogP contribution in [0.4, 0.5) is 0 Å². The quantitative estimate of drug-likeness (QED) is 0.322. The number of pyridine rings is 1. The van der Waals surface area contributed by atoms with Crippen molar-refractivity contribution in [1.29, 1.82) is 0 Å². The first-order valence-electron chi connectivity index (χ1n) is 6.61. The number of aryl methyl sites for hydroxylation is 2. The van der Waals surface area contributed by atoms with Crippen molar-refractivity contribution < 1.29 is 4.42 Å². The maximum atomic E-state index is 12.6. The predicted octanol–water partition coefficient (Wildman–Crippen LogP) is 2.64. The Morgan fingerprint density at radius 2 is 2.00 bits per heavy atom. The number of nitrogens with zero attached hydrogens (tertiary/aromatic N) is 2. The van der Waals surface area contributed by atoms with Crippen molar-refractivity contribution in [2.45, 2.75) is 20.8 Å². The Kier molecular flexibility index (Phi) is 2.97. The molecule has 0 saturated carbocycles. The summed E-state index contributed by atoms with van der Waals surface area (Å²) in [4.78, 5) is 17.0. The van der Waals surface area contributed by atoms with E-state index < -0.39 is 0 Å². The predicted molar refractivity (Wildman–Crippen MR) is 83.7 cm³/mol. The van der Waals surface area contributed by atoms with Gasteiger partial charge in [0, 0.05) is 5.56 Å². The maximum absolute atomic E-state index is 12.6. The van der Waals surface area contributed by atoms with E-state index in [1.165, 1.54) is 0 Å². The molecule has 2 N–H and O–H groups in total. The summed E-state index contributed by atoms with van der Waals surface area (Å²) in [6.07, 6.45) is 0. The molecule has 2 heterocycles. The van der Waals surface area contributed by atoms with Gasteiger partial charge in [0.15, 0.2) is 0 Å². The molecule has 2 aromatic heterocycles. The fraction of sp³-hybridized carbons (Fsp3) is 0.188. The summed E-state index contributed by atoms with van der Waals surface area (Å²) in [6, 6.07) is 7.27. The summed E-state index contributed by atoms with van der Waals surface area (Å²) in [5.74, 6) is 5.32. The van der Waals surface area contributed by atoms with E-state index in [4.69, 9.17) is 10.3 Å². The molecule has 0 saturated heterocycles. The molecule has 0 fully saturated rings. The van der Waals surface area contributed by atoms with Crippen molar-refractivity contribution in [2.24, 2.45) is 10.9 Å². The number of fused-ring (bicyclic) bond motifs is 2. The van der Waals surface area contributed by atoms with E-state index in [-0.39, 0.29) is 5.43 Å². The number of nitrogens with two attached hydrogens (primary N) is 1. The molecule has 0 amide bonds. The average Bonchev–Trinajstić information content (AvgIpc) is 2.47. The maximum Gasteiger partial charge on any atom is 0.230 e. The lowest BCUT2D eigenvalue weighted by molar-refractivity contribution is 0.643. The number of rotatable bonds is 1. The van der Waals surface area contributed by atoms with Gasteiger partial charge in [0.25, 0.3) is 0 Å². The van der Waals surface area contributed by atoms with Gasteiger partial charge < -0.3 is 10.3 Å². The molecule has 5 heteroatoms. The number of hydrogen-bond acceptors (Lipinski definition) is 5. The Labute approximate surface area is 121 Å². The van der Waals surface area contributed by atoms with Gasteiger partial charge in [-0.2, -0.15) is 5.10 Å². The SMILES string of the molecule is C/C(=N\N)c1cc2c(=O)c3cc(C)ccc3oc2nc1C. The van der Waals surface area contributed by atoms with Gasteiger partial charge in [-0.3, -0.25) is 4.79 Å². The molecular formula is C16H15N3O2. The molecule has 0 aliphatic heterocycles. The number of benzene rings is 1. The number of hydrazone groups is 1. The van der Waals surface area contributed by atoms with Crippen LogP contribution in [0.5, 0.6) is 0 Å². The third-order valence-electron chi connectivity index (χ3n) is 3.59. The van der Waals surface area contributed by atoms with Gasteiger partial charge in [-0.25, -0.2) is 4.98 Å². The van der Waals surface area contributed by atoms with Crippen LogP contribution in [0.15, 0.2) is 38.6 Å². The van der Waals surface area contributed by atoms with Crippen LogP contribution >= 0.6 is 0 Å². The zero-order chi connectivity index (χ0) is 15.1. The normalized spacial score (nSPS) is 12.2. The highest BCUT2D eigenvalue weighted by Crippen LogP contribution is 2.20. The molecular weight excluding hydrogens is 266 g/mol. The summed E-state index contributed by atoms with van der Waals surface area (Å²) >= 11 is 0. The van der Waals surface area contributed by atoms with Crippen LogP contribution < -0.4 is 11.3 Å². The Hall–Kier alpha value is -2.69. The summed E-state index contributed by atoms with van der Waals surface area (Å²) in [6.45, 7) is 5.55. The number of hydrogen-bond donors (Lipinski definition) is 1. The van der Waals surface area contributed by atoms with Gasteiger partial charge in [0.2, 0.25) is 11.1 Å². The number of aromatic nitrogens is 1. The summed E-state index contributed by atoms with van der Waals surface area (Å²) in [5, 5.41) is 4.67. The first kappa shape index (κ1) is 13.3. The highest BCUT2D eigenvalue weighted by atomic mass is 16.3. The zero-order valence-electron chi connectivity index (χ0n) is 12.1. The van der Waals surface area contributed by atoms with E-state index in [0.29, 0.717) is 27.8 Å². The van der Waals surface area contributed by atoms with Crippen LogP contribution in [0.1, 0.15) is 23.7 Å². The molecule has 0 bridgehead atoms. The van der Waals surface area contributed by atoms with Gasteiger partial charge in [0.05, 0.1) is 22.2 Å². The Morgan fingerprint density at radius 1 is 1.24 bits per heavy atom.